The molecule has 0 aliphatic heterocycles. The van der Waals surface area contributed by atoms with Crippen LogP contribution in [0.3, 0.4) is 0 Å². The molecule has 23 heavy (non-hydrogen) atoms. The highest BCUT2D eigenvalue weighted by Crippen LogP contribution is 2.47. The molecule has 4 nitrogen and oxygen atoms in total. The highest BCUT2D eigenvalue weighted by molar-refractivity contribution is 5.53. The number of phenols is 3. The Hall–Kier alpha value is -2.36. The fraction of sp³-hybridized carbons (Fsp3) is 0.368. The normalized spacial score (nSPS) is 23.3. The fourth-order valence-corrected chi connectivity index (χ4v) is 3.62. The van der Waals surface area contributed by atoms with Crippen LogP contribution in [0, 0.1) is 11.8 Å². The van der Waals surface area contributed by atoms with Gasteiger partial charge in [0, 0.05) is 5.92 Å². The van der Waals surface area contributed by atoms with Gasteiger partial charge < -0.3 is 20.1 Å². The summed E-state index contributed by atoms with van der Waals surface area (Å²) in [6.45, 7) is 4.39. The predicted octanol–water partition coefficient (Wildman–Crippen LogP) is 3.77. The zero-order valence-corrected chi connectivity index (χ0v) is 13.6. The number of rotatable bonds is 2. The minimum Gasteiger partial charge on any atom is -0.504 e. The van der Waals surface area contributed by atoms with Crippen LogP contribution in [0.1, 0.15) is 36.5 Å². The second kappa shape index (κ2) is 5.69. The summed E-state index contributed by atoms with van der Waals surface area (Å²) >= 11 is 0. The quantitative estimate of drug-likeness (QED) is 0.738. The van der Waals surface area contributed by atoms with Gasteiger partial charge >= 0.3 is 0 Å². The molecule has 1 aliphatic rings. The van der Waals surface area contributed by atoms with Crippen LogP contribution in [-0.2, 0) is 6.42 Å². The lowest BCUT2D eigenvalue weighted by atomic mass is 9.68. The van der Waals surface area contributed by atoms with Crippen LogP contribution in [0.2, 0.25) is 0 Å². The Bertz CT molecular complexity index is 738. The van der Waals surface area contributed by atoms with E-state index in [4.69, 9.17) is 4.74 Å². The summed E-state index contributed by atoms with van der Waals surface area (Å²) < 4.78 is 5.23. The molecule has 3 rings (SSSR count). The third kappa shape index (κ3) is 2.58. The first-order valence-corrected chi connectivity index (χ1v) is 7.84. The van der Waals surface area contributed by atoms with Gasteiger partial charge in [-0.05, 0) is 59.2 Å². The first-order valence-electron chi connectivity index (χ1n) is 7.84. The summed E-state index contributed by atoms with van der Waals surface area (Å²) in [4.78, 5) is 0. The standard InChI is InChI=1S/C19H22O4/c1-10-6-13-8-18(23-3)17(22)9-14(13)19(11(10)2)12-4-5-15(20)16(21)7-12/h4-5,7-11,19-22H,6H2,1-3H3/t10-,11-,19+/m1/s1. The van der Waals surface area contributed by atoms with E-state index in [1.807, 2.05) is 12.1 Å². The van der Waals surface area contributed by atoms with E-state index in [0.29, 0.717) is 17.6 Å². The minimum absolute atomic E-state index is 0.0528. The molecule has 1 aliphatic carbocycles. The van der Waals surface area contributed by atoms with Crippen molar-refractivity contribution in [1.29, 1.82) is 0 Å². The Morgan fingerprint density at radius 3 is 2.35 bits per heavy atom. The van der Waals surface area contributed by atoms with Crippen molar-refractivity contribution in [2.75, 3.05) is 7.11 Å². The van der Waals surface area contributed by atoms with Gasteiger partial charge in [-0.15, -0.1) is 0 Å². The van der Waals surface area contributed by atoms with Gasteiger partial charge in [0.25, 0.3) is 0 Å². The summed E-state index contributed by atoms with van der Waals surface area (Å²) in [5, 5.41) is 29.6. The highest BCUT2D eigenvalue weighted by Gasteiger charge is 2.34. The molecule has 122 valence electrons. The molecule has 0 saturated carbocycles. The van der Waals surface area contributed by atoms with Crippen molar-refractivity contribution in [3.8, 4) is 23.0 Å². The van der Waals surface area contributed by atoms with Gasteiger partial charge in [-0.1, -0.05) is 19.9 Å². The third-order valence-electron chi connectivity index (χ3n) is 5.10. The topological polar surface area (TPSA) is 69.9 Å². The van der Waals surface area contributed by atoms with Crippen LogP contribution in [-0.4, -0.2) is 22.4 Å². The van der Waals surface area contributed by atoms with Crippen molar-refractivity contribution in [2.24, 2.45) is 11.8 Å². The lowest BCUT2D eigenvalue weighted by Crippen LogP contribution is -2.26. The molecular formula is C19H22O4. The second-order valence-electron chi connectivity index (χ2n) is 6.49. The van der Waals surface area contributed by atoms with Gasteiger partial charge in [-0.2, -0.15) is 0 Å². The summed E-state index contributed by atoms with van der Waals surface area (Å²) in [6.07, 6.45) is 0.924. The van der Waals surface area contributed by atoms with Crippen LogP contribution in [0.4, 0.5) is 0 Å². The van der Waals surface area contributed by atoms with Crippen molar-refractivity contribution in [2.45, 2.75) is 26.2 Å². The number of phenolic OH excluding ortho intramolecular Hbond substituents is 3. The van der Waals surface area contributed by atoms with E-state index in [1.54, 1.807) is 19.2 Å². The van der Waals surface area contributed by atoms with Gasteiger partial charge in [0.05, 0.1) is 7.11 Å². The fourth-order valence-electron chi connectivity index (χ4n) is 3.62. The SMILES string of the molecule is COc1cc2c(cc1O)[C@H](c1ccc(O)c(O)c1)[C@H](C)[C@H](C)C2. The molecule has 0 saturated heterocycles. The van der Waals surface area contributed by atoms with E-state index in [9.17, 15) is 15.3 Å². The Labute approximate surface area is 136 Å². The lowest BCUT2D eigenvalue weighted by Gasteiger charge is -2.37. The molecule has 2 aromatic carbocycles. The van der Waals surface area contributed by atoms with Gasteiger partial charge in [-0.3, -0.25) is 0 Å². The summed E-state index contributed by atoms with van der Waals surface area (Å²) in [5.74, 6) is 1.23. The predicted molar refractivity (Wildman–Crippen MR) is 88.3 cm³/mol. The molecule has 0 bridgehead atoms. The van der Waals surface area contributed by atoms with Crippen LogP contribution in [0.15, 0.2) is 30.3 Å². The van der Waals surface area contributed by atoms with Gasteiger partial charge in [0.15, 0.2) is 23.0 Å². The minimum atomic E-state index is -0.122. The molecule has 3 N–H and O–H groups in total. The first kappa shape index (κ1) is 15.5. The van der Waals surface area contributed by atoms with Crippen LogP contribution in [0.25, 0.3) is 0 Å². The summed E-state index contributed by atoms with van der Waals surface area (Å²) in [5.41, 5.74) is 3.15. The van der Waals surface area contributed by atoms with Crippen LogP contribution < -0.4 is 4.74 Å². The molecule has 0 spiro atoms. The monoisotopic (exact) mass is 314 g/mol. The van der Waals surface area contributed by atoms with Crippen molar-refractivity contribution < 1.29 is 20.1 Å². The second-order valence-corrected chi connectivity index (χ2v) is 6.49. The van der Waals surface area contributed by atoms with E-state index in [-0.39, 0.29) is 23.2 Å². The third-order valence-corrected chi connectivity index (χ3v) is 5.10. The largest absolute Gasteiger partial charge is 0.504 e. The number of fused-ring (bicyclic) bond motifs is 1. The number of methoxy groups -OCH3 is 1. The Balaban J connectivity index is 2.16. The molecule has 4 heteroatoms. The number of hydrogen-bond acceptors (Lipinski definition) is 4. The molecule has 0 fully saturated rings. The zero-order chi connectivity index (χ0) is 16.7. The first-order chi connectivity index (χ1) is 10.9. The van der Waals surface area contributed by atoms with E-state index in [0.717, 1.165) is 23.1 Å². The maximum absolute atomic E-state index is 10.2. The molecular weight excluding hydrogens is 292 g/mol. The van der Waals surface area contributed by atoms with Crippen molar-refractivity contribution >= 4 is 0 Å². The van der Waals surface area contributed by atoms with Crippen LogP contribution in [0.5, 0.6) is 23.0 Å². The summed E-state index contributed by atoms with van der Waals surface area (Å²) in [7, 11) is 1.55. The van der Waals surface area contributed by atoms with Gasteiger partial charge in [-0.25, -0.2) is 0 Å². The Kier molecular flexibility index (Phi) is 3.84. The number of aromatic hydroxyl groups is 3. The average molecular weight is 314 g/mol. The smallest absolute Gasteiger partial charge is 0.160 e. The van der Waals surface area contributed by atoms with E-state index >= 15 is 0 Å². The Morgan fingerprint density at radius 2 is 1.70 bits per heavy atom. The average Bonchev–Trinajstić information content (AvgIpc) is 2.52. The Morgan fingerprint density at radius 1 is 0.957 bits per heavy atom. The van der Waals surface area contributed by atoms with Crippen molar-refractivity contribution in [3.63, 3.8) is 0 Å². The highest BCUT2D eigenvalue weighted by atomic mass is 16.5. The molecule has 0 radical (unpaired) electrons. The van der Waals surface area contributed by atoms with E-state index in [1.165, 1.54) is 6.07 Å². The van der Waals surface area contributed by atoms with Gasteiger partial charge in [0.1, 0.15) is 0 Å². The molecule has 0 heterocycles. The van der Waals surface area contributed by atoms with Crippen molar-refractivity contribution in [3.05, 3.63) is 47.0 Å². The zero-order valence-electron chi connectivity index (χ0n) is 13.6. The summed E-state index contributed by atoms with van der Waals surface area (Å²) in [6, 6.07) is 8.63. The van der Waals surface area contributed by atoms with Gasteiger partial charge in [0.2, 0.25) is 0 Å². The van der Waals surface area contributed by atoms with Crippen LogP contribution >= 0.6 is 0 Å². The van der Waals surface area contributed by atoms with E-state index in [2.05, 4.69) is 13.8 Å². The molecule has 0 aromatic heterocycles. The van der Waals surface area contributed by atoms with Crippen molar-refractivity contribution in [1.82, 2.24) is 0 Å². The lowest BCUT2D eigenvalue weighted by molar-refractivity contribution is 0.319. The molecule has 3 atom stereocenters. The number of benzene rings is 2. The van der Waals surface area contributed by atoms with E-state index < -0.39 is 0 Å². The number of ether oxygens (including phenoxy) is 1. The molecule has 2 aromatic rings. The number of hydrogen-bond donors (Lipinski definition) is 3. The molecule has 0 amide bonds. The molecule has 0 unspecified atom stereocenters. The maximum atomic E-state index is 10.2. The maximum Gasteiger partial charge on any atom is 0.160 e.